The third-order valence-electron chi connectivity index (χ3n) is 13.1. The van der Waals surface area contributed by atoms with Gasteiger partial charge in [-0.15, -0.1) is 0 Å². The van der Waals surface area contributed by atoms with E-state index in [0.717, 1.165) is 4.57 Å². The lowest BCUT2D eigenvalue weighted by molar-refractivity contribution is -0.320. The number of carbonyl (C=O) groups is 5. The highest BCUT2D eigenvalue weighted by atomic mass is 16.7. The molecule has 2 saturated heterocycles. The van der Waals surface area contributed by atoms with Crippen LogP contribution in [0.4, 0.5) is 4.79 Å². The molecule has 16 atom stereocenters. The molecule has 4 heterocycles. The maximum absolute atomic E-state index is 14.8. The van der Waals surface area contributed by atoms with E-state index in [1.165, 1.54) is 52.9 Å². The zero-order chi connectivity index (χ0) is 48.1. The number of rotatable bonds is 11. The van der Waals surface area contributed by atoms with Gasteiger partial charge in [0.25, 0.3) is 0 Å². The lowest BCUT2D eigenvalue weighted by Gasteiger charge is -2.50. The Morgan fingerprint density at radius 3 is 2.06 bits per heavy atom. The summed E-state index contributed by atoms with van der Waals surface area (Å²) in [5.41, 5.74) is -3.75. The molecule has 0 N–H and O–H groups in total. The second-order valence-electron chi connectivity index (χ2n) is 18.7. The third kappa shape index (κ3) is 12.2. The number of hydrogen-bond acceptors (Lipinski definition) is 17. The molecule has 0 spiro atoms. The molecule has 1 aromatic rings. The van der Waals surface area contributed by atoms with Crippen molar-refractivity contribution in [1.29, 1.82) is 0 Å². The number of esters is 3. The number of hydrogen-bond donors (Lipinski definition) is 0. The van der Waals surface area contributed by atoms with Crippen LogP contribution in [0.15, 0.2) is 30.4 Å². The molecule has 3 aliphatic heterocycles. The highest BCUT2D eigenvalue weighted by Crippen LogP contribution is 2.42. The second kappa shape index (κ2) is 21.7. The Kier molecular flexibility index (Phi) is 17.9. The van der Waals surface area contributed by atoms with E-state index in [-0.39, 0.29) is 42.8 Å². The Labute approximate surface area is 378 Å². The summed E-state index contributed by atoms with van der Waals surface area (Å²) in [6.45, 7) is 20.2. The van der Waals surface area contributed by atoms with Gasteiger partial charge in [0.05, 0.1) is 42.0 Å². The van der Waals surface area contributed by atoms with Crippen molar-refractivity contribution in [2.24, 2.45) is 17.8 Å². The van der Waals surface area contributed by atoms with Gasteiger partial charge in [0, 0.05) is 58.7 Å². The fourth-order valence-corrected chi connectivity index (χ4v) is 9.64. The minimum absolute atomic E-state index is 0.0849. The largest absolute Gasteiger partial charge is 0.457 e. The van der Waals surface area contributed by atoms with Crippen LogP contribution in [0.5, 0.6) is 0 Å². The monoisotopic (exact) mass is 908 g/mol. The molecule has 18 heteroatoms. The Balaban J connectivity index is 1.93. The number of aromatic nitrogens is 2. The van der Waals surface area contributed by atoms with Gasteiger partial charge in [-0.05, 0) is 93.5 Å². The summed E-state index contributed by atoms with van der Waals surface area (Å²) in [6, 6.07) is -0.299. The quantitative estimate of drug-likeness (QED) is 0.201. The smallest absolute Gasteiger partial charge is 0.420 e. The van der Waals surface area contributed by atoms with Crippen molar-refractivity contribution in [2.75, 3.05) is 28.3 Å². The Hall–Kier alpha value is -3.78. The van der Waals surface area contributed by atoms with Gasteiger partial charge in [0.1, 0.15) is 18.0 Å². The highest BCUT2D eigenvalue weighted by Gasteiger charge is 2.54. The maximum atomic E-state index is 14.8. The fourth-order valence-electron chi connectivity index (χ4n) is 9.64. The van der Waals surface area contributed by atoms with Crippen molar-refractivity contribution in [3.05, 3.63) is 30.4 Å². The maximum Gasteiger partial charge on any atom is 0.420 e. The normalized spacial score (nSPS) is 40.1. The first-order valence-corrected chi connectivity index (χ1v) is 22.2. The second-order valence-corrected chi connectivity index (χ2v) is 18.7. The van der Waals surface area contributed by atoms with Crippen molar-refractivity contribution in [1.82, 2.24) is 14.5 Å². The molecule has 0 aromatic carbocycles. The van der Waals surface area contributed by atoms with Crippen LogP contribution < -0.4 is 0 Å². The van der Waals surface area contributed by atoms with E-state index >= 15 is 0 Å². The van der Waals surface area contributed by atoms with E-state index in [1.807, 2.05) is 39.8 Å². The first-order valence-electron chi connectivity index (χ1n) is 22.2. The number of ether oxygens (including phenoxy) is 10. The lowest BCUT2D eigenvalue weighted by atomic mass is 9.76. The summed E-state index contributed by atoms with van der Waals surface area (Å²) in [5, 5.41) is 0. The Morgan fingerprint density at radius 1 is 0.891 bits per heavy atom. The lowest BCUT2D eigenvalue weighted by Crippen LogP contribution is -2.61. The van der Waals surface area contributed by atoms with Crippen LogP contribution in [0.25, 0.3) is 0 Å². The van der Waals surface area contributed by atoms with Crippen molar-refractivity contribution in [2.45, 2.75) is 187 Å². The van der Waals surface area contributed by atoms with E-state index < -0.39 is 108 Å². The molecule has 1 aromatic heterocycles. The summed E-state index contributed by atoms with van der Waals surface area (Å²) in [5.74, 6) is -4.59. The minimum atomic E-state index is -1.63. The molecular weight excluding hydrogens is 835 g/mol. The van der Waals surface area contributed by atoms with Crippen LogP contribution in [0.1, 0.15) is 109 Å². The number of carbonyl (C=O) groups excluding carboxylic acids is 5. The standard InChI is InChI=1S/C46H73N3O15/c1-17-34-44(10,64-43(54)49-19-18-47-24-49)21-25(2)36(52)26(3)22-45(11,55-15)39(63-42-38(59-31(8)50)33(48(13)14)20-27(4)57-42)28(5)37(29(6)41(53)61-34)62-35-23-46(12,56-16)40(30(7)58-35)60-32(9)51/h18-19,21,24,26-30,33-35,37-40,42H,17,20,22-23H2,1-16H3/b25-21+/t26-,27-,28+,29-,30+,33+,34-,35?,37+,38-,39-,40+,42+,44+,45-,46?/m1/s1. The SMILES string of the molecule is CC[C@H]1OC(=O)[C@H](C)[C@@H](OC2CC(C)(OC)[C@@H](OC(C)=O)[C@H](C)O2)[C@H](C)[C@@H](O[C@@H]2O[C@H](C)C[C@H](N(C)C)[C@H]2OC(C)=O)[C@](C)(OC)C[C@@H](C)C(=O)/C(C)=C/[C@]1(C)OC(=O)n1ccnc1. The van der Waals surface area contributed by atoms with Crippen molar-refractivity contribution < 1.29 is 71.3 Å². The Bertz CT molecular complexity index is 1810. The number of methoxy groups -OCH3 is 2. The van der Waals surface area contributed by atoms with E-state index in [0.29, 0.717) is 6.42 Å². The zero-order valence-electron chi connectivity index (χ0n) is 40.6. The molecule has 2 unspecified atom stereocenters. The number of ketones is 1. The number of nitrogens with zero attached hydrogens (tertiary/aromatic N) is 3. The molecule has 362 valence electrons. The zero-order valence-corrected chi connectivity index (χ0v) is 40.6. The number of imidazole rings is 1. The fraction of sp³-hybridized carbons (Fsp3) is 0.783. The van der Waals surface area contributed by atoms with Gasteiger partial charge in [0.15, 0.2) is 36.2 Å². The van der Waals surface area contributed by atoms with Gasteiger partial charge in [0.2, 0.25) is 0 Å². The molecule has 0 aliphatic carbocycles. The molecule has 0 bridgehead atoms. The molecular formula is C46H73N3O15. The topological polar surface area (TPSA) is 199 Å². The summed E-state index contributed by atoms with van der Waals surface area (Å²) in [4.78, 5) is 73.6. The van der Waals surface area contributed by atoms with Crippen LogP contribution >= 0.6 is 0 Å². The molecule has 0 amide bonds. The predicted octanol–water partition coefficient (Wildman–Crippen LogP) is 5.42. The van der Waals surface area contributed by atoms with Gasteiger partial charge in [-0.25, -0.2) is 14.3 Å². The molecule has 4 rings (SSSR count). The van der Waals surface area contributed by atoms with E-state index in [4.69, 9.17) is 47.4 Å². The number of likely N-dealkylation sites (N-methyl/N-ethyl adjacent to an activating group) is 1. The van der Waals surface area contributed by atoms with Gasteiger partial charge < -0.3 is 52.3 Å². The average molecular weight is 908 g/mol. The van der Waals surface area contributed by atoms with Crippen molar-refractivity contribution >= 4 is 29.8 Å². The summed E-state index contributed by atoms with van der Waals surface area (Å²) < 4.78 is 64.5. The summed E-state index contributed by atoms with van der Waals surface area (Å²) in [6.07, 6.45) is -2.27. The predicted molar refractivity (Wildman–Crippen MR) is 231 cm³/mol. The molecule has 0 radical (unpaired) electrons. The highest BCUT2D eigenvalue weighted by molar-refractivity contribution is 5.96. The van der Waals surface area contributed by atoms with Gasteiger partial charge in [-0.1, -0.05) is 20.8 Å². The van der Waals surface area contributed by atoms with Crippen molar-refractivity contribution in [3.8, 4) is 0 Å². The third-order valence-corrected chi connectivity index (χ3v) is 13.1. The number of allylic oxidation sites excluding steroid dienone is 1. The molecule has 0 saturated carbocycles. The van der Waals surface area contributed by atoms with Gasteiger partial charge in [-0.3, -0.25) is 19.2 Å². The average Bonchev–Trinajstić information content (AvgIpc) is 3.77. The first-order chi connectivity index (χ1) is 29.8. The molecule has 2 fully saturated rings. The molecule has 18 nitrogen and oxygen atoms in total. The van der Waals surface area contributed by atoms with E-state index in [9.17, 15) is 24.0 Å². The first kappa shape index (κ1) is 52.8. The molecule has 64 heavy (non-hydrogen) atoms. The van der Waals surface area contributed by atoms with Gasteiger partial charge in [-0.2, -0.15) is 0 Å². The molecule has 3 aliphatic rings. The van der Waals surface area contributed by atoms with Crippen LogP contribution in [-0.2, 0) is 66.5 Å². The summed E-state index contributed by atoms with van der Waals surface area (Å²) >= 11 is 0. The number of Topliss-reactive ketones (excluding diaryl/α,β-unsaturated/α-hetero) is 1. The van der Waals surface area contributed by atoms with Crippen LogP contribution in [0.2, 0.25) is 0 Å². The van der Waals surface area contributed by atoms with Crippen LogP contribution in [-0.4, -0.2) is 151 Å². The number of cyclic esters (lactones) is 1. The van der Waals surface area contributed by atoms with Gasteiger partial charge >= 0.3 is 24.0 Å². The van der Waals surface area contributed by atoms with Crippen LogP contribution in [0, 0.1) is 17.8 Å². The van der Waals surface area contributed by atoms with Crippen molar-refractivity contribution in [3.63, 3.8) is 0 Å². The van der Waals surface area contributed by atoms with E-state index in [2.05, 4.69) is 4.98 Å². The minimum Gasteiger partial charge on any atom is -0.457 e. The Morgan fingerprint density at radius 2 is 1.52 bits per heavy atom. The van der Waals surface area contributed by atoms with E-state index in [1.54, 1.807) is 48.5 Å². The summed E-state index contributed by atoms with van der Waals surface area (Å²) in [7, 11) is 6.80. The van der Waals surface area contributed by atoms with Crippen LogP contribution in [0.3, 0.4) is 0 Å².